The van der Waals surface area contributed by atoms with Crippen LogP contribution in [0.2, 0.25) is 0 Å². The fourth-order valence-corrected chi connectivity index (χ4v) is 2.44. The normalized spacial score (nSPS) is 18.1. The summed E-state index contributed by atoms with van der Waals surface area (Å²) < 4.78 is 37.4. The van der Waals surface area contributed by atoms with Gasteiger partial charge in [-0.25, -0.2) is 0 Å². The first-order chi connectivity index (χ1) is 8.38. The van der Waals surface area contributed by atoms with Crippen LogP contribution in [0.1, 0.15) is 22.6 Å². The highest BCUT2D eigenvalue weighted by atomic mass is 32.1. The van der Waals surface area contributed by atoms with E-state index in [1.54, 1.807) is 0 Å². The maximum absolute atomic E-state index is 12.5. The van der Waals surface area contributed by atoms with E-state index in [0.29, 0.717) is 0 Å². The molecule has 2 heterocycles. The minimum Gasteiger partial charge on any atom is -0.374 e. The summed E-state index contributed by atoms with van der Waals surface area (Å²) >= 11 is 0.938. The van der Waals surface area contributed by atoms with Crippen molar-refractivity contribution in [1.82, 2.24) is 15.1 Å². The molecule has 1 aromatic heterocycles. The number of aromatic nitrogens is 2. The van der Waals surface area contributed by atoms with Crippen LogP contribution in [-0.2, 0) is 0 Å². The second kappa shape index (κ2) is 4.71. The van der Waals surface area contributed by atoms with Crippen LogP contribution in [0.25, 0.3) is 0 Å². The monoisotopic (exact) mass is 280 g/mol. The highest BCUT2D eigenvalue weighted by Crippen LogP contribution is 2.34. The van der Waals surface area contributed by atoms with E-state index < -0.39 is 18.0 Å². The molecule has 0 aliphatic carbocycles. The molecule has 5 nitrogen and oxygen atoms in total. The Hall–Kier alpha value is -1.38. The van der Waals surface area contributed by atoms with Gasteiger partial charge in [0.05, 0.1) is 5.92 Å². The van der Waals surface area contributed by atoms with Crippen LogP contribution < -0.4 is 5.73 Å². The van der Waals surface area contributed by atoms with Crippen molar-refractivity contribution >= 4 is 22.4 Å². The van der Waals surface area contributed by atoms with Crippen molar-refractivity contribution < 1.29 is 18.0 Å². The van der Waals surface area contributed by atoms with E-state index in [2.05, 4.69) is 10.2 Å². The number of hydrogen-bond acceptors (Lipinski definition) is 5. The van der Waals surface area contributed by atoms with Crippen LogP contribution in [-0.4, -0.2) is 40.3 Å². The molecule has 9 heteroatoms. The van der Waals surface area contributed by atoms with E-state index in [4.69, 9.17) is 5.73 Å². The molecule has 1 amide bonds. The first-order valence-electron chi connectivity index (χ1n) is 5.33. The van der Waals surface area contributed by atoms with Crippen molar-refractivity contribution in [3.05, 3.63) is 5.01 Å². The van der Waals surface area contributed by atoms with E-state index in [9.17, 15) is 18.0 Å². The molecule has 0 radical (unpaired) electrons. The fraction of sp³-hybridized carbons (Fsp3) is 0.667. The van der Waals surface area contributed by atoms with Crippen LogP contribution in [0, 0.1) is 5.92 Å². The lowest BCUT2D eigenvalue weighted by Crippen LogP contribution is -2.42. The molecule has 100 valence electrons. The number of anilines is 1. The number of likely N-dealkylation sites (tertiary alicyclic amines) is 1. The van der Waals surface area contributed by atoms with Gasteiger partial charge < -0.3 is 10.6 Å². The summed E-state index contributed by atoms with van der Waals surface area (Å²) in [5.41, 5.74) is 5.35. The van der Waals surface area contributed by atoms with Crippen molar-refractivity contribution in [2.45, 2.75) is 19.0 Å². The number of halogens is 3. The molecule has 1 aliphatic heterocycles. The number of nitrogens with zero attached hydrogens (tertiary/aromatic N) is 3. The predicted octanol–water partition coefficient (Wildman–Crippen LogP) is 1.53. The standard InChI is InChI=1S/C9H11F3N4OS/c10-9(11,12)5-1-3-16(4-2-5)7(17)6-14-15-8(13)18-6/h5H,1-4H2,(H2,13,15). The Morgan fingerprint density at radius 2 is 1.94 bits per heavy atom. The molecule has 2 N–H and O–H groups in total. The summed E-state index contributed by atoms with van der Waals surface area (Å²) in [6, 6.07) is 0. The Morgan fingerprint density at radius 3 is 2.39 bits per heavy atom. The Labute approximate surface area is 105 Å². The van der Waals surface area contributed by atoms with E-state index >= 15 is 0 Å². The summed E-state index contributed by atoms with van der Waals surface area (Å²) in [7, 11) is 0. The van der Waals surface area contributed by atoms with Gasteiger partial charge in [-0.2, -0.15) is 13.2 Å². The summed E-state index contributed by atoms with van der Waals surface area (Å²) in [6.07, 6.45) is -4.31. The van der Waals surface area contributed by atoms with E-state index in [1.807, 2.05) is 0 Å². The highest BCUT2D eigenvalue weighted by molar-refractivity contribution is 7.16. The third-order valence-corrected chi connectivity index (χ3v) is 3.61. The van der Waals surface area contributed by atoms with Crippen LogP contribution in [0.3, 0.4) is 0 Å². The molecule has 0 spiro atoms. The molecule has 0 saturated carbocycles. The molecule has 0 unspecified atom stereocenters. The molecule has 1 aliphatic rings. The van der Waals surface area contributed by atoms with Gasteiger partial charge in [0.15, 0.2) is 0 Å². The third-order valence-electron chi connectivity index (χ3n) is 2.87. The first-order valence-corrected chi connectivity index (χ1v) is 6.14. The van der Waals surface area contributed by atoms with Crippen molar-refractivity contribution in [3.63, 3.8) is 0 Å². The number of rotatable bonds is 1. The second-order valence-corrected chi connectivity index (χ2v) is 5.06. The van der Waals surface area contributed by atoms with Gasteiger partial charge in [-0.1, -0.05) is 11.3 Å². The number of hydrogen-bond donors (Lipinski definition) is 1. The number of carbonyl (C=O) groups is 1. The van der Waals surface area contributed by atoms with Crippen molar-refractivity contribution in [2.75, 3.05) is 18.8 Å². The van der Waals surface area contributed by atoms with Crippen LogP contribution in [0.5, 0.6) is 0 Å². The third kappa shape index (κ3) is 2.71. The molecule has 1 aromatic rings. The van der Waals surface area contributed by atoms with Crippen LogP contribution in [0.4, 0.5) is 18.3 Å². The zero-order valence-corrected chi connectivity index (χ0v) is 10.1. The average molecular weight is 280 g/mol. The van der Waals surface area contributed by atoms with Gasteiger partial charge in [0.2, 0.25) is 10.1 Å². The smallest absolute Gasteiger partial charge is 0.374 e. The maximum atomic E-state index is 12.5. The lowest BCUT2D eigenvalue weighted by molar-refractivity contribution is -0.183. The lowest BCUT2D eigenvalue weighted by Gasteiger charge is -2.32. The average Bonchev–Trinajstić information content (AvgIpc) is 2.74. The Morgan fingerprint density at radius 1 is 1.33 bits per heavy atom. The van der Waals surface area contributed by atoms with Crippen molar-refractivity contribution in [3.8, 4) is 0 Å². The summed E-state index contributed by atoms with van der Waals surface area (Å²) in [5.74, 6) is -1.72. The Kier molecular flexibility index (Phi) is 3.42. The van der Waals surface area contributed by atoms with Crippen molar-refractivity contribution in [1.29, 1.82) is 0 Å². The van der Waals surface area contributed by atoms with Gasteiger partial charge in [0.1, 0.15) is 0 Å². The minimum absolute atomic E-state index is 0.0659. The van der Waals surface area contributed by atoms with E-state index in [0.717, 1.165) is 11.3 Å². The maximum Gasteiger partial charge on any atom is 0.391 e. The van der Waals surface area contributed by atoms with Gasteiger partial charge in [0.25, 0.3) is 5.91 Å². The fourth-order valence-electron chi connectivity index (χ4n) is 1.87. The van der Waals surface area contributed by atoms with Crippen molar-refractivity contribution in [2.24, 2.45) is 5.92 Å². The summed E-state index contributed by atoms with van der Waals surface area (Å²) in [5, 5.41) is 7.39. The number of nitrogens with two attached hydrogens (primary N) is 1. The zero-order chi connectivity index (χ0) is 13.3. The second-order valence-electron chi connectivity index (χ2n) is 4.05. The van der Waals surface area contributed by atoms with Gasteiger partial charge in [-0.3, -0.25) is 4.79 Å². The highest BCUT2D eigenvalue weighted by Gasteiger charge is 2.42. The molecule has 2 rings (SSSR count). The number of alkyl halides is 3. The Balaban J connectivity index is 1.96. The lowest BCUT2D eigenvalue weighted by atomic mass is 9.96. The van der Waals surface area contributed by atoms with Crippen LogP contribution >= 0.6 is 11.3 Å². The summed E-state index contributed by atoms with van der Waals surface area (Å²) in [6.45, 7) is 0.172. The molecular formula is C9H11F3N4OS. The summed E-state index contributed by atoms with van der Waals surface area (Å²) in [4.78, 5) is 13.2. The minimum atomic E-state index is -4.18. The number of amides is 1. The first kappa shape index (κ1) is 13.1. The van der Waals surface area contributed by atoms with Gasteiger partial charge in [-0.05, 0) is 12.8 Å². The quantitative estimate of drug-likeness (QED) is 0.847. The molecule has 1 saturated heterocycles. The molecule has 0 aromatic carbocycles. The predicted molar refractivity (Wildman–Crippen MR) is 59.0 cm³/mol. The molecule has 18 heavy (non-hydrogen) atoms. The molecule has 1 fully saturated rings. The van der Waals surface area contributed by atoms with E-state index in [1.165, 1.54) is 4.90 Å². The van der Waals surface area contributed by atoms with E-state index in [-0.39, 0.29) is 36.1 Å². The van der Waals surface area contributed by atoms with Crippen LogP contribution in [0.15, 0.2) is 0 Å². The number of nitrogen functional groups attached to an aromatic ring is 1. The number of piperidine rings is 1. The largest absolute Gasteiger partial charge is 0.391 e. The van der Waals surface area contributed by atoms with Gasteiger partial charge in [-0.15, -0.1) is 10.2 Å². The van der Waals surface area contributed by atoms with Gasteiger partial charge in [0, 0.05) is 13.1 Å². The van der Waals surface area contributed by atoms with Gasteiger partial charge >= 0.3 is 6.18 Å². The molecule has 0 bridgehead atoms. The molecule has 0 atom stereocenters. The number of carbonyl (C=O) groups excluding carboxylic acids is 1. The zero-order valence-electron chi connectivity index (χ0n) is 9.28. The SMILES string of the molecule is Nc1nnc(C(=O)N2CCC(C(F)(F)F)CC2)s1. The Bertz CT molecular complexity index is 439. The topological polar surface area (TPSA) is 72.1 Å². The molecular weight excluding hydrogens is 269 g/mol.